The minimum atomic E-state index is -0.522. The molecule has 1 N–H and O–H groups in total. The Hall–Kier alpha value is -1.96. The first kappa shape index (κ1) is 18.1. The molecule has 22 heavy (non-hydrogen) atoms. The summed E-state index contributed by atoms with van der Waals surface area (Å²) in [7, 11) is 0. The fourth-order valence-corrected chi connectivity index (χ4v) is 1.99. The third-order valence-corrected chi connectivity index (χ3v) is 3.42. The average Bonchev–Trinajstić information content (AvgIpc) is 2.46. The van der Waals surface area contributed by atoms with Crippen LogP contribution in [0.25, 0.3) is 0 Å². The summed E-state index contributed by atoms with van der Waals surface area (Å²) in [4.78, 5) is 34.2. The molecule has 7 nitrogen and oxygen atoms in total. The van der Waals surface area contributed by atoms with Crippen LogP contribution in [0.2, 0.25) is 0 Å². The van der Waals surface area contributed by atoms with Crippen LogP contribution in [-0.4, -0.2) is 40.2 Å². The van der Waals surface area contributed by atoms with E-state index in [4.69, 9.17) is 4.74 Å². The maximum Gasteiger partial charge on any atom is 0.313 e. The van der Waals surface area contributed by atoms with Gasteiger partial charge in [-0.05, 0) is 19.1 Å². The van der Waals surface area contributed by atoms with Crippen molar-refractivity contribution in [3.8, 4) is 0 Å². The summed E-state index contributed by atoms with van der Waals surface area (Å²) in [6, 6.07) is 3.27. The molecule has 0 saturated heterocycles. The van der Waals surface area contributed by atoms with E-state index in [1.165, 1.54) is 11.8 Å². The van der Waals surface area contributed by atoms with Crippen molar-refractivity contribution in [2.75, 3.05) is 17.7 Å². The van der Waals surface area contributed by atoms with E-state index >= 15 is 0 Å². The minimum Gasteiger partial charge on any atom is -0.466 e. The van der Waals surface area contributed by atoms with Gasteiger partial charge in [0.15, 0.2) is 11.6 Å². The first-order valence-electron chi connectivity index (χ1n) is 6.87. The van der Waals surface area contributed by atoms with Gasteiger partial charge in [0.25, 0.3) is 0 Å². The molecule has 0 saturated carbocycles. The Labute approximate surface area is 133 Å². The summed E-state index contributed by atoms with van der Waals surface area (Å²) in [5, 5.41) is 10.9. The topological polar surface area (TPSA) is 98.2 Å². The van der Waals surface area contributed by atoms with E-state index in [-0.39, 0.29) is 36.4 Å². The van der Waals surface area contributed by atoms with E-state index in [0.29, 0.717) is 10.8 Å². The van der Waals surface area contributed by atoms with Crippen LogP contribution in [0.5, 0.6) is 0 Å². The Kier molecular flexibility index (Phi) is 7.51. The molecule has 0 fully saturated rings. The van der Waals surface area contributed by atoms with Crippen LogP contribution < -0.4 is 5.32 Å². The van der Waals surface area contributed by atoms with E-state index in [2.05, 4.69) is 15.5 Å². The van der Waals surface area contributed by atoms with E-state index < -0.39 is 5.97 Å². The third-order valence-electron chi connectivity index (χ3n) is 2.44. The van der Waals surface area contributed by atoms with Crippen molar-refractivity contribution in [2.24, 2.45) is 5.92 Å². The summed E-state index contributed by atoms with van der Waals surface area (Å²) in [5.74, 6) is -0.560. The van der Waals surface area contributed by atoms with Crippen LogP contribution in [-0.2, 0) is 19.1 Å². The predicted octanol–water partition coefficient (Wildman–Crippen LogP) is 1.69. The first-order chi connectivity index (χ1) is 10.4. The molecule has 120 valence electrons. The van der Waals surface area contributed by atoms with Gasteiger partial charge in [0, 0.05) is 5.92 Å². The number of carbonyl (C=O) groups is 3. The largest absolute Gasteiger partial charge is 0.466 e. The number of ether oxygens (including phenoxy) is 1. The molecule has 1 aromatic heterocycles. The lowest BCUT2D eigenvalue weighted by molar-refractivity contribution is -0.145. The molecule has 0 aliphatic heterocycles. The molecule has 8 heteroatoms. The van der Waals surface area contributed by atoms with Crippen molar-refractivity contribution in [2.45, 2.75) is 32.2 Å². The predicted molar refractivity (Wildman–Crippen MR) is 82.5 cm³/mol. The van der Waals surface area contributed by atoms with Gasteiger partial charge in [-0.15, -0.1) is 10.2 Å². The Balaban J connectivity index is 2.43. The fraction of sp³-hybridized carbons (Fsp3) is 0.500. The summed E-state index contributed by atoms with van der Waals surface area (Å²) in [5.41, 5.74) is 0. The number of Topliss-reactive ketones (excluding diaryl/α,β-unsaturated/α-hetero) is 1. The zero-order chi connectivity index (χ0) is 16.5. The highest BCUT2D eigenvalue weighted by molar-refractivity contribution is 7.99. The van der Waals surface area contributed by atoms with Gasteiger partial charge in [0.05, 0.1) is 12.4 Å². The van der Waals surface area contributed by atoms with Gasteiger partial charge in [0.2, 0.25) is 5.91 Å². The van der Waals surface area contributed by atoms with E-state index in [9.17, 15) is 14.4 Å². The highest BCUT2D eigenvalue weighted by Gasteiger charge is 2.12. The molecule has 1 aromatic rings. The Bertz CT molecular complexity index is 531. The van der Waals surface area contributed by atoms with Gasteiger partial charge in [-0.25, -0.2) is 0 Å². The number of anilines is 1. The Morgan fingerprint density at radius 2 is 2.00 bits per heavy atom. The van der Waals surface area contributed by atoms with Gasteiger partial charge in [0.1, 0.15) is 11.4 Å². The Morgan fingerprint density at radius 1 is 1.27 bits per heavy atom. The van der Waals surface area contributed by atoms with Gasteiger partial charge in [-0.3, -0.25) is 14.4 Å². The molecular formula is C14H19N3O4S. The van der Waals surface area contributed by atoms with Crippen molar-refractivity contribution in [3.63, 3.8) is 0 Å². The highest BCUT2D eigenvalue weighted by atomic mass is 32.2. The van der Waals surface area contributed by atoms with Crippen LogP contribution in [0.4, 0.5) is 5.82 Å². The summed E-state index contributed by atoms with van der Waals surface area (Å²) in [6.45, 7) is 5.50. The third kappa shape index (κ3) is 6.66. The number of carbonyl (C=O) groups excluding carboxylic acids is 3. The van der Waals surface area contributed by atoms with Crippen LogP contribution in [0.1, 0.15) is 27.2 Å². The lowest BCUT2D eigenvalue weighted by atomic mass is 10.2. The van der Waals surface area contributed by atoms with Crippen LogP contribution in [0.15, 0.2) is 17.2 Å². The molecular weight excluding hydrogens is 306 g/mol. The number of hydrogen-bond acceptors (Lipinski definition) is 7. The lowest BCUT2D eigenvalue weighted by Gasteiger charge is -2.06. The van der Waals surface area contributed by atoms with Crippen molar-refractivity contribution in [1.82, 2.24) is 10.2 Å². The number of aromatic nitrogens is 2. The second-order valence-corrected chi connectivity index (χ2v) is 5.71. The zero-order valence-electron chi connectivity index (χ0n) is 12.8. The monoisotopic (exact) mass is 325 g/mol. The number of rotatable bonds is 8. The number of nitrogens with one attached hydrogen (secondary N) is 1. The lowest BCUT2D eigenvalue weighted by Crippen LogP contribution is -2.18. The first-order valence-corrected chi connectivity index (χ1v) is 7.85. The Morgan fingerprint density at radius 3 is 2.55 bits per heavy atom. The van der Waals surface area contributed by atoms with Crippen molar-refractivity contribution < 1.29 is 19.1 Å². The smallest absolute Gasteiger partial charge is 0.313 e. The number of nitrogens with zero attached hydrogens (tertiary/aromatic N) is 2. The van der Waals surface area contributed by atoms with Crippen LogP contribution >= 0.6 is 11.8 Å². The van der Waals surface area contributed by atoms with Crippen molar-refractivity contribution in [3.05, 3.63) is 12.1 Å². The van der Waals surface area contributed by atoms with Gasteiger partial charge >= 0.3 is 5.97 Å². The maximum atomic E-state index is 11.6. The second-order valence-electron chi connectivity index (χ2n) is 4.71. The molecule has 1 amide bonds. The quantitative estimate of drug-likeness (QED) is 0.441. The normalized spacial score (nSPS) is 10.4. The number of amides is 1. The fourth-order valence-electron chi connectivity index (χ4n) is 1.31. The summed E-state index contributed by atoms with van der Waals surface area (Å²) in [6.07, 6.45) is -0.239. The number of esters is 1. The van der Waals surface area contributed by atoms with E-state index in [0.717, 1.165) is 0 Å². The minimum absolute atomic E-state index is 0.116. The number of ketones is 1. The van der Waals surface area contributed by atoms with Crippen molar-refractivity contribution in [1.29, 1.82) is 0 Å². The van der Waals surface area contributed by atoms with Crippen molar-refractivity contribution >= 4 is 35.2 Å². The molecule has 0 aliphatic rings. The van der Waals surface area contributed by atoms with E-state index in [1.54, 1.807) is 32.9 Å². The second kappa shape index (κ2) is 9.14. The molecule has 0 unspecified atom stereocenters. The summed E-state index contributed by atoms with van der Waals surface area (Å²) >= 11 is 1.18. The maximum absolute atomic E-state index is 11.6. The molecule has 0 aromatic carbocycles. The number of hydrogen-bond donors (Lipinski definition) is 1. The van der Waals surface area contributed by atoms with Gasteiger partial charge in [-0.2, -0.15) is 0 Å². The molecule has 0 spiro atoms. The van der Waals surface area contributed by atoms with Crippen LogP contribution in [0.3, 0.4) is 0 Å². The van der Waals surface area contributed by atoms with Crippen LogP contribution in [0, 0.1) is 5.92 Å². The standard InChI is InChI=1S/C14H19N3O4S/c1-4-21-13(19)7-10(18)8-22-12-6-5-11(16-17-12)15-14(20)9(2)3/h5-6,9H,4,7-8H2,1-3H3,(H,15,16,20). The molecule has 1 rings (SSSR count). The molecule has 0 aliphatic carbocycles. The van der Waals surface area contributed by atoms with E-state index in [1.807, 2.05) is 0 Å². The molecule has 0 radical (unpaired) electrons. The van der Waals surface area contributed by atoms with Gasteiger partial charge in [-0.1, -0.05) is 25.6 Å². The average molecular weight is 325 g/mol. The number of thioether (sulfide) groups is 1. The molecule has 1 heterocycles. The molecule has 0 bridgehead atoms. The summed E-state index contributed by atoms with van der Waals surface area (Å²) < 4.78 is 4.70. The highest BCUT2D eigenvalue weighted by Crippen LogP contribution is 2.16. The SMILES string of the molecule is CCOC(=O)CC(=O)CSc1ccc(NC(=O)C(C)C)nn1. The van der Waals surface area contributed by atoms with Gasteiger partial charge < -0.3 is 10.1 Å². The molecule has 0 atom stereocenters. The zero-order valence-corrected chi connectivity index (χ0v) is 13.6.